The first-order valence-electron chi connectivity index (χ1n) is 6.89. The average Bonchev–Trinajstić information content (AvgIpc) is 2.89. The molecule has 1 saturated carbocycles. The van der Waals surface area contributed by atoms with Crippen LogP contribution in [0.5, 0.6) is 0 Å². The van der Waals surface area contributed by atoms with E-state index in [0.29, 0.717) is 22.7 Å². The van der Waals surface area contributed by atoms with Crippen LogP contribution in [0.3, 0.4) is 0 Å². The third-order valence-corrected chi connectivity index (χ3v) is 4.75. The van der Waals surface area contributed by atoms with Gasteiger partial charge in [-0.25, -0.2) is 4.98 Å². The van der Waals surface area contributed by atoms with Crippen LogP contribution in [0.1, 0.15) is 12.8 Å². The molecule has 0 bridgehead atoms. The molecule has 1 fully saturated rings. The van der Waals surface area contributed by atoms with Gasteiger partial charge in [0.1, 0.15) is 11.4 Å². The molecule has 0 radical (unpaired) electrons. The Morgan fingerprint density at radius 1 is 1.57 bits per heavy atom. The van der Waals surface area contributed by atoms with Crippen LogP contribution in [0.4, 0.5) is 0 Å². The summed E-state index contributed by atoms with van der Waals surface area (Å²) in [5, 5.41) is 11.6. The Labute approximate surface area is 125 Å². The summed E-state index contributed by atoms with van der Waals surface area (Å²) in [6.45, 7) is 0.627. The maximum absolute atomic E-state index is 12.2. The van der Waals surface area contributed by atoms with Gasteiger partial charge in [0, 0.05) is 13.6 Å². The quantitative estimate of drug-likeness (QED) is 0.901. The molecule has 3 rings (SSSR count). The highest BCUT2D eigenvalue weighted by atomic mass is 32.1. The number of hydrogen-bond donors (Lipinski definition) is 1. The lowest BCUT2D eigenvalue weighted by Crippen LogP contribution is -2.41. The van der Waals surface area contributed by atoms with Crippen LogP contribution >= 0.6 is 11.3 Å². The minimum Gasteiger partial charge on any atom is -0.393 e. The van der Waals surface area contributed by atoms with Gasteiger partial charge in [0.05, 0.1) is 17.8 Å². The van der Waals surface area contributed by atoms with Crippen molar-refractivity contribution in [2.24, 2.45) is 5.92 Å². The van der Waals surface area contributed by atoms with Crippen LogP contribution < -0.4 is 5.56 Å². The van der Waals surface area contributed by atoms with Crippen LogP contribution in [-0.4, -0.2) is 45.2 Å². The van der Waals surface area contributed by atoms with Gasteiger partial charge in [-0.2, -0.15) is 0 Å². The zero-order valence-corrected chi connectivity index (χ0v) is 12.5. The molecule has 1 amide bonds. The molecule has 1 aliphatic rings. The summed E-state index contributed by atoms with van der Waals surface area (Å²) in [5.41, 5.74) is -0.179. The van der Waals surface area contributed by atoms with Gasteiger partial charge in [0.25, 0.3) is 5.56 Å². The highest BCUT2D eigenvalue weighted by Gasteiger charge is 2.29. The molecule has 0 unspecified atom stereocenters. The monoisotopic (exact) mass is 307 g/mol. The summed E-state index contributed by atoms with van der Waals surface area (Å²) in [6, 6.07) is 1.73. The second kappa shape index (κ2) is 5.57. The number of rotatable bonds is 4. The van der Waals surface area contributed by atoms with Crippen LogP contribution in [0.25, 0.3) is 10.2 Å². The van der Waals surface area contributed by atoms with E-state index in [9.17, 15) is 14.7 Å². The largest absolute Gasteiger partial charge is 0.393 e. The number of aromatic nitrogens is 2. The van der Waals surface area contributed by atoms with E-state index in [-0.39, 0.29) is 24.1 Å². The molecule has 2 heterocycles. The number of thiophene rings is 1. The standard InChI is InChI=1S/C14H17N3O3S/c1-16(6-9-4-10(18)5-9)12(19)7-17-8-15-13-11(14(17)20)2-3-21-13/h2-3,8-10,18H,4-7H2,1H3. The van der Waals surface area contributed by atoms with E-state index in [1.807, 2.05) is 5.38 Å². The Hall–Kier alpha value is -1.73. The maximum Gasteiger partial charge on any atom is 0.262 e. The summed E-state index contributed by atoms with van der Waals surface area (Å²) in [5.74, 6) is 0.248. The van der Waals surface area contributed by atoms with E-state index in [1.54, 1.807) is 18.0 Å². The topological polar surface area (TPSA) is 75.4 Å². The van der Waals surface area contributed by atoms with E-state index >= 15 is 0 Å². The molecule has 0 saturated heterocycles. The van der Waals surface area contributed by atoms with E-state index in [0.717, 1.165) is 12.8 Å². The predicted molar refractivity (Wildman–Crippen MR) is 80.2 cm³/mol. The fraction of sp³-hybridized carbons (Fsp3) is 0.500. The second-order valence-corrected chi connectivity index (χ2v) is 6.48. The normalized spacial score (nSPS) is 21.2. The Morgan fingerprint density at radius 3 is 3.05 bits per heavy atom. The molecular weight excluding hydrogens is 290 g/mol. The zero-order chi connectivity index (χ0) is 15.0. The third-order valence-electron chi connectivity index (χ3n) is 3.92. The Morgan fingerprint density at radius 2 is 2.33 bits per heavy atom. The Balaban J connectivity index is 1.68. The van der Waals surface area contributed by atoms with Gasteiger partial charge in [-0.3, -0.25) is 14.2 Å². The lowest BCUT2D eigenvalue weighted by Gasteiger charge is -2.34. The number of aliphatic hydroxyl groups is 1. The fourth-order valence-electron chi connectivity index (χ4n) is 2.61. The van der Waals surface area contributed by atoms with Crippen molar-refractivity contribution in [2.45, 2.75) is 25.5 Å². The number of aliphatic hydroxyl groups excluding tert-OH is 1. The third kappa shape index (κ3) is 2.84. The Kier molecular flexibility index (Phi) is 3.77. The first kappa shape index (κ1) is 14.2. The molecule has 2 aromatic rings. The molecule has 21 heavy (non-hydrogen) atoms. The molecule has 0 aromatic carbocycles. The minimum absolute atomic E-state index is 0.00337. The van der Waals surface area contributed by atoms with Crippen molar-refractivity contribution in [3.63, 3.8) is 0 Å². The van der Waals surface area contributed by atoms with Crippen molar-refractivity contribution in [1.82, 2.24) is 14.5 Å². The van der Waals surface area contributed by atoms with E-state index in [4.69, 9.17) is 0 Å². The highest BCUT2D eigenvalue weighted by molar-refractivity contribution is 7.16. The number of nitrogens with zero attached hydrogens (tertiary/aromatic N) is 3. The molecular formula is C14H17N3O3S. The van der Waals surface area contributed by atoms with Gasteiger partial charge in [-0.1, -0.05) is 0 Å². The predicted octanol–water partition coefficient (Wildman–Crippen LogP) is 0.687. The summed E-state index contributed by atoms with van der Waals surface area (Å²) in [4.78, 5) is 30.9. The highest BCUT2D eigenvalue weighted by Crippen LogP contribution is 2.27. The van der Waals surface area contributed by atoms with Crippen molar-refractivity contribution in [1.29, 1.82) is 0 Å². The molecule has 6 nitrogen and oxygen atoms in total. The molecule has 0 atom stereocenters. The SMILES string of the molecule is CN(CC1CC(O)C1)C(=O)Cn1cnc2sccc2c1=O. The molecule has 112 valence electrons. The van der Waals surface area contributed by atoms with E-state index < -0.39 is 0 Å². The zero-order valence-electron chi connectivity index (χ0n) is 11.7. The average molecular weight is 307 g/mol. The fourth-order valence-corrected chi connectivity index (χ4v) is 3.33. The van der Waals surface area contributed by atoms with Crippen LogP contribution in [0.2, 0.25) is 0 Å². The minimum atomic E-state index is -0.216. The van der Waals surface area contributed by atoms with E-state index in [2.05, 4.69) is 4.98 Å². The number of likely N-dealkylation sites (N-methyl/N-ethyl adjacent to an activating group) is 1. The summed E-state index contributed by atoms with van der Waals surface area (Å²) < 4.78 is 1.35. The van der Waals surface area contributed by atoms with E-state index in [1.165, 1.54) is 22.2 Å². The number of hydrogen-bond acceptors (Lipinski definition) is 5. The number of carbonyl (C=O) groups is 1. The second-order valence-electron chi connectivity index (χ2n) is 5.58. The number of amides is 1. The summed E-state index contributed by atoms with van der Waals surface area (Å²) in [7, 11) is 1.73. The van der Waals surface area contributed by atoms with Gasteiger partial charge in [-0.05, 0) is 30.2 Å². The molecule has 2 aromatic heterocycles. The Bertz CT molecular complexity index is 718. The lowest BCUT2D eigenvalue weighted by molar-refractivity contribution is -0.132. The number of carbonyl (C=O) groups excluding carboxylic acids is 1. The summed E-state index contributed by atoms with van der Waals surface area (Å²) >= 11 is 1.41. The number of fused-ring (bicyclic) bond motifs is 1. The van der Waals surface area contributed by atoms with Crippen molar-refractivity contribution in [3.05, 3.63) is 28.1 Å². The molecule has 1 aliphatic carbocycles. The molecule has 7 heteroatoms. The van der Waals surface area contributed by atoms with Crippen molar-refractivity contribution < 1.29 is 9.90 Å². The van der Waals surface area contributed by atoms with Gasteiger partial charge in [0.2, 0.25) is 5.91 Å². The van der Waals surface area contributed by atoms with Crippen molar-refractivity contribution in [2.75, 3.05) is 13.6 Å². The molecule has 1 N–H and O–H groups in total. The van der Waals surface area contributed by atoms with Crippen molar-refractivity contribution in [3.8, 4) is 0 Å². The first-order valence-corrected chi connectivity index (χ1v) is 7.77. The van der Waals surface area contributed by atoms with Gasteiger partial charge >= 0.3 is 0 Å². The smallest absolute Gasteiger partial charge is 0.262 e. The first-order chi connectivity index (χ1) is 10.0. The molecule has 0 spiro atoms. The lowest BCUT2D eigenvalue weighted by atomic mass is 9.82. The van der Waals surface area contributed by atoms with Crippen LogP contribution in [-0.2, 0) is 11.3 Å². The van der Waals surface area contributed by atoms with Gasteiger partial charge < -0.3 is 10.0 Å². The summed E-state index contributed by atoms with van der Waals surface area (Å²) in [6.07, 6.45) is 2.71. The van der Waals surface area contributed by atoms with Crippen LogP contribution in [0, 0.1) is 5.92 Å². The van der Waals surface area contributed by atoms with Crippen molar-refractivity contribution >= 4 is 27.5 Å². The molecule has 0 aliphatic heterocycles. The van der Waals surface area contributed by atoms with Gasteiger partial charge in [-0.15, -0.1) is 11.3 Å². The maximum atomic E-state index is 12.2. The van der Waals surface area contributed by atoms with Crippen LogP contribution in [0.15, 0.2) is 22.6 Å². The van der Waals surface area contributed by atoms with Gasteiger partial charge in [0.15, 0.2) is 0 Å².